The van der Waals surface area contributed by atoms with E-state index in [0.717, 1.165) is 56.2 Å². The molecule has 30 heavy (non-hydrogen) atoms. The molecular formula is C21H27N5O4. The third kappa shape index (κ3) is 3.52. The molecule has 2 aromatic heterocycles. The molecule has 0 N–H and O–H groups in total. The second-order valence-corrected chi connectivity index (χ2v) is 8.22. The van der Waals surface area contributed by atoms with Crippen molar-refractivity contribution in [3.63, 3.8) is 0 Å². The summed E-state index contributed by atoms with van der Waals surface area (Å²) < 4.78 is 16.2. The molecular weight excluding hydrogens is 386 g/mol. The molecule has 5 heterocycles. The summed E-state index contributed by atoms with van der Waals surface area (Å²) in [6.45, 7) is 7.99. The topological polar surface area (TPSA) is 84.2 Å². The Bertz CT molecular complexity index is 875. The van der Waals surface area contributed by atoms with Gasteiger partial charge in [-0.3, -0.25) is 4.90 Å². The molecule has 160 valence electrons. The van der Waals surface area contributed by atoms with E-state index < -0.39 is 0 Å². The normalized spacial score (nSPS) is 23.6. The van der Waals surface area contributed by atoms with Gasteiger partial charge in [0.1, 0.15) is 17.7 Å². The minimum Gasteiger partial charge on any atom is -0.450 e. The first-order valence-electron chi connectivity index (χ1n) is 10.6. The number of rotatable bonds is 4. The van der Waals surface area contributed by atoms with E-state index in [1.54, 1.807) is 17.4 Å². The van der Waals surface area contributed by atoms with Crippen molar-refractivity contribution >= 4 is 11.9 Å². The number of nitrogens with zero attached hydrogens (tertiary/aromatic N) is 5. The Balaban J connectivity index is 1.17. The van der Waals surface area contributed by atoms with Crippen LogP contribution < -0.4 is 4.90 Å². The zero-order chi connectivity index (χ0) is 20.6. The minimum atomic E-state index is -0.234. The highest BCUT2D eigenvalue weighted by Crippen LogP contribution is 2.38. The average Bonchev–Trinajstić information content (AvgIpc) is 3.43. The van der Waals surface area contributed by atoms with Gasteiger partial charge in [0.15, 0.2) is 0 Å². The van der Waals surface area contributed by atoms with Crippen LogP contribution in [0.3, 0.4) is 0 Å². The Morgan fingerprint density at radius 1 is 1.30 bits per heavy atom. The zero-order valence-electron chi connectivity index (χ0n) is 17.2. The molecule has 1 spiro atoms. The van der Waals surface area contributed by atoms with E-state index in [1.165, 1.54) is 0 Å². The van der Waals surface area contributed by atoms with Crippen LogP contribution in [0.25, 0.3) is 11.1 Å². The third-order valence-corrected chi connectivity index (χ3v) is 6.33. The average molecular weight is 413 g/mol. The maximum Gasteiger partial charge on any atom is 0.409 e. The van der Waals surface area contributed by atoms with Gasteiger partial charge in [-0.2, -0.15) is 0 Å². The number of hydrogen-bond acceptors (Lipinski definition) is 8. The first-order valence-corrected chi connectivity index (χ1v) is 10.6. The molecule has 3 fully saturated rings. The van der Waals surface area contributed by atoms with Crippen molar-refractivity contribution in [1.29, 1.82) is 0 Å². The number of likely N-dealkylation sites (tertiary alicyclic amines) is 1. The lowest BCUT2D eigenvalue weighted by Gasteiger charge is -2.46. The maximum absolute atomic E-state index is 11.8. The number of carbonyl (C=O) groups is 1. The van der Waals surface area contributed by atoms with Crippen molar-refractivity contribution < 1.29 is 18.8 Å². The number of hydrogen-bond donors (Lipinski definition) is 0. The zero-order valence-corrected chi connectivity index (χ0v) is 17.2. The van der Waals surface area contributed by atoms with E-state index in [1.807, 2.05) is 19.2 Å². The Hall–Kier alpha value is -2.65. The Kier molecular flexibility index (Phi) is 5.08. The quantitative estimate of drug-likeness (QED) is 0.751. The van der Waals surface area contributed by atoms with Crippen LogP contribution in [0.2, 0.25) is 0 Å². The van der Waals surface area contributed by atoms with Crippen LogP contribution in [0.5, 0.6) is 0 Å². The monoisotopic (exact) mass is 413 g/mol. The molecule has 0 radical (unpaired) electrons. The predicted molar refractivity (Wildman–Crippen MR) is 109 cm³/mol. The number of amides is 1. The number of carbonyl (C=O) groups excluding carboxylic acids is 1. The van der Waals surface area contributed by atoms with Gasteiger partial charge in [0, 0.05) is 49.5 Å². The van der Waals surface area contributed by atoms with Crippen LogP contribution in [0, 0.1) is 0 Å². The van der Waals surface area contributed by atoms with Crippen molar-refractivity contribution in [2.24, 2.45) is 0 Å². The smallest absolute Gasteiger partial charge is 0.409 e. The van der Waals surface area contributed by atoms with Crippen molar-refractivity contribution in [3.8, 4) is 11.1 Å². The largest absolute Gasteiger partial charge is 0.450 e. The van der Waals surface area contributed by atoms with Crippen LogP contribution in [-0.4, -0.2) is 90.2 Å². The van der Waals surface area contributed by atoms with Gasteiger partial charge < -0.3 is 23.8 Å². The first kappa shape index (κ1) is 19.3. The van der Waals surface area contributed by atoms with Crippen molar-refractivity contribution in [2.75, 3.05) is 57.4 Å². The second kappa shape index (κ2) is 7.88. The van der Waals surface area contributed by atoms with E-state index in [4.69, 9.17) is 14.0 Å². The van der Waals surface area contributed by atoms with Crippen LogP contribution in [-0.2, 0) is 9.47 Å². The number of anilines is 1. The van der Waals surface area contributed by atoms with Gasteiger partial charge >= 0.3 is 6.09 Å². The lowest BCUT2D eigenvalue weighted by Crippen LogP contribution is -2.63. The lowest BCUT2D eigenvalue weighted by molar-refractivity contribution is -0.101. The van der Waals surface area contributed by atoms with Gasteiger partial charge in [0.2, 0.25) is 0 Å². The summed E-state index contributed by atoms with van der Waals surface area (Å²) in [5.74, 6) is 0.976. The summed E-state index contributed by atoms with van der Waals surface area (Å²) in [4.78, 5) is 23.1. The van der Waals surface area contributed by atoms with Crippen LogP contribution in [0.1, 0.15) is 13.3 Å². The Morgan fingerprint density at radius 2 is 2.13 bits per heavy atom. The van der Waals surface area contributed by atoms with Crippen molar-refractivity contribution in [1.82, 2.24) is 19.9 Å². The fourth-order valence-electron chi connectivity index (χ4n) is 4.78. The number of piperazine rings is 1. The highest BCUT2D eigenvalue weighted by Gasteiger charge is 2.52. The summed E-state index contributed by atoms with van der Waals surface area (Å²) in [7, 11) is 0. The molecule has 0 aromatic carbocycles. The highest BCUT2D eigenvalue weighted by molar-refractivity contribution is 5.74. The standard InChI is InChI=1S/C21H27N5O4/c1-2-28-20(27)26-14-21(15-26)10-17(13-29-21)24-6-8-25(9-7-24)19-18(4-3-5-22-19)16-11-23-30-12-16/h3-5,11-12,17H,2,6-10,13-15H2,1H3. The molecule has 1 atom stereocenters. The molecule has 1 amide bonds. The Labute approximate surface area is 175 Å². The summed E-state index contributed by atoms with van der Waals surface area (Å²) in [6.07, 6.45) is 5.95. The molecule has 3 aliphatic rings. The number of pyridine rings is 1. The molecule has 0 saturated carbocycles. The van der Waals surface area contributed by atoms with Gasteiger partial charge in [0.25, 0.3) is 0 Å². The molecule has 0 bridgehead atoms. The van der Waals surface area contributed by atoms with Gasteiger partial charge in [-0.1, -0.05) is 5.16 Å². The van der Waals surface area contributed by atoms with E-state index in [2.05, 4.69) is 26.0 Å². The summed E-state index contributed by atoms with van der Waals surface area (Å²) in [6, 6.07) is 4.40. The van der Waals surface area contributed by atoms with E-state index in [0.29, 0.717) is 25.7 Å². The van der Waals surface area contributed by atoms with Crippen LogP contribution in [0.4, 0.5) is 10.6 Å². The van der Waals surface area contributed by atoms with Crippen LogP contribution in [0.15, 0.2) is 35.3 Å². The molecule has 3 saturated heterocycles. The van der Waals surface area contributed by atoms with E-state index >= 15 is 0 Å². The summed E-state index contributed by atoms with van der Waals surface area (Å²) >= 11 is 0. The molecule has 9 heteroatoms. The van der Waals surface area contributed by atoms with E-state index in [9.17, 15) is 4.79 Å². The number of ether oxygens (including phenoxy) is 2. The molecule has 9 nitrogen and oxygen atoms in total. The molecule has 0 aliphatic carbocycles. The summed E-state index contributed by atoms with van der Waals surface area (Å²) in [5, 5.41) is 3.83. The Morgan fingerprint density at radius 3 is 2.87 bits per heavy atom. The number of aromatic nitrogens is 2. The van der Waals surface area contributed by atoms with Gasteiger partial charge in [-0.05, 0) is 25.5 Å². The molecule has 3 aliphatic heterocycles. The molecule has 1 unspecified atom stereocenters. The van der Waals surface area contributed by atoms with Gasteiger partial charge in [0.05, 0.1) is 32.5 Å². The van der Waals surface area contributed by atoms with Crippen LogP contribution >= 0.6 is 0 Å². The fourth-order valence-corrected chi connectivity index (χ4v) is 4.78. The predicted octanol–water partition coefficient (Wildman–Crippen LogP) is 1.86. The lowest BCUT2D eigenvalue weighted by atomic mass is 9.89. The maximum atomic E-state index is 11.8. The summed E-state index contributed by atoms with van der Waals surface area (Å²) in [5.41, 5.74) is 1.81. The van der Waals surface area contributed by atoms with Crippen molar-refractivity contribution in [3.05, 3.63) is 30.8 Å². The minimum absolute atomic E-state index is 0.184. The second-order valence-electron chi connectivity index (χ2n) is 8.22. The fraction of sp³-hybridized carbons (Fsp3) is 0.571. The van der Waals surface area contributed by atoms with E-state index in [-0.39, 0.29) is 11.7 Å². The first-order chi connectivity index (χ1) is 14.7. The molecule has 2 aromatic rings. The van der Waals surface area contributed by atoms with Crippen molar-refractivity contribution in [2.45, 2.75) is 25.0 Å². The van der Waals surface area contributed by atoms with Gasteiger partial charge in [-0.25, -0.2) is 9.78 Å². The third-order valence-electron chi connectivity index (χ3n) is 6.33. The molecule has 5 rings (SSSR count). The SMILES string of the molecule is CCOC(=O)N1CC2(CC(N3CCN(c4ncccc4-c4cnoc4)CC3)CO2)C1. The van der Waals surface area contributed by atoms with Gasteiger partial charge in [-0.15, -0.1) is 0 Å². The highest BCUT2D eigenvalue weighted by atomic mass is 16.6.